The van der Waals surface area contributed by atoms with Crippen LogP contribution in [0.15, 0.2) is 54.9 Å². The zero-order chi connectivity index (χ0) is 15.7. The normalized spacial score (nSPS) is 12.0. The van der Waals surface area contributed by atoms with Crippen LogP contribution in [0.4, 0.5) is 13.2 Å². The molecule has 0 spiro atoms. The van der Waals surface area contributed by atoms with Gasteiger partial charge >= 0.3 is 6.18 Å². The van der Waals surface area contributed by atoms with Crippen molar-refractivity contribution in [1.29, 1.82) is 0 Å². The molecule has 3 rings (SSSR count). The molecule has 2 heterocycles. The highest BCUT2D eigenvalue weighted by Crippen LogP contribution is 2.40. The minimum absolute atomic E-state index is 0.0628. The third kappa shape index (κ3) is 2.76. The van der Waals surface area contributed by atoms with Gasteiger partial charge < -0.3 is 9.97 Å². The average molecular weight is 325 g/mol. The molecule has 3 aromatic rings. The standard InChI is InChI=1S/C16H12ClF3N2/c17-10-5-6-11(12(9-10)16(18,19)20)15(13-3-1-7-21-13)14-4-2-8-22-14/h1-9,15,21-22H. The van der Waals surface area contributed by atoms with Gasteiger partial charge in [0, 0.05) is 28.8 Å². The van der Waals surface area contributed by atoms with Crippen molar-refractivity contribution in [3.05, 3.63) is 82.4 Å². The fourth-order valence-corrected chi connectivity index (χ4v) is 2.75. The third-order valence-electron chi connectivity index (χ3n) is 3.50. The molecule has 22 heavy (non-hydrogen) atoms. The van der Waals surface area contributed by atoms with Gasteiger partial charge in [-0.3, -0.25) is 0 Å². The number of aromatic amines is 2. The summed E-state index contributed by atoms with van der Waals surface area (Å²) >= 11 is 5.76. The molecule has 0 aliphatic heterocycles. The molecule has 2 N–H and O–H groups in total. The maximum atomic E-state index is 13.4. The Morgan fingerprint density at radius 2 is 1.50 bits per heavy atom. The molecule has 0 atom stereocenters. The molecule has 0 saturated carbocycles. The molecule has 114 valence electrons. The third-order valence-corrected chi connectivity index (χ3v) is 3.73. The second-order valence-corrected chi connectivity index (χ2v) is 5.35. The van der Waals surface area contributed by atoms with Crippen LogP contribution in [-0.4, -0.2) is 9.97 Å². The molecular formula is C16H12ClF3N2. The van der Waals surface area contributed by atoms with Crippen molar-refractivity contribution in [3.8, 4) is 0 Å². The Balaban J connectivity index is 2.22. The zero-order valence-corrected chi connectivity index (χ0v) is 12.0. The van der Waals surface area contributed by atoms with Gasteiger partial charge in [0.05, 0.1) is 11.5 Å². The van der Waals surface area contributed by atoms with Gasteiger partial charge in [-0.1, -0.05) is 17.7 Å². The highest BCUT2D eigenvalue weighted by molar-refractivity contribution is 6.30. The van der Waals surface area contributed by atoms with Crippen molar-refractivity contribution in [3.63, 3.8) is 0 Å². The van der Waals surface area contributed by atoms with E-state index in [0.717, 1.165) is 6.07 Å². The van der Waals surface area contributed by atoms with E-state index in [1.54, 1.807) is 36.7 Å². The van der Waals surface area contributed by atoms with E-state index < -0.39 is 17.7 Å². The Hall–Kier alpha value is -2.14. The molecule has 0 aliphatic carbocycles. The Labute approximate surface area is 129 Å². The molecule has 1 aromatic carbocycles. The van der Waals surface area contributed by atoms with E-state index in [4.69, 9.17) is 11.6 Å². The van der Waals surface area contributed by atoms with Crippen LogP contribution in [-0.2, 0) is 6.18 Å². The molecule has 0 bridgehead atoms. The summed E-state index contributed by atoms with van der Waals surface area (Å²) in [6.45, 7) is 0. The predicted octanol–water partition coefficient (Wildman–Crippen LogP) is 5.20. The lowest BCUT2D eigenvalue weighted by atomic mass is 9.88. The maximum absolute atomic E-state index is 13.4. The molecular weight excluding hydrogens is 313 g/mol. The van der Waals surface area contributed by atoms with Gasteiger partial charge in [-0.05, 0) is 42.0 Å². The smallest absolute Gasteiger partial charge is 0.364 e. The SMILES string of the molecule is FC(F)(F)c1cc(Cl)ccc1C(c1ccc[nH]1)c1ccc[nH]1. The largest absolute Gasteiger partial charge is 0.416 e. The van der Waals surface area contributed by atoms with Crippen LogP contribution in [0.25, 0.3) is 0 Å². The Morgan fingerprint density at radius 1 is 0.909 bits per heavy atom. The number of nitrogens with one attached hydrogen (secondary N) is 2. The summed E-state index contributed by atoms with van der Waals surface area (Å²) < 4.78 is 40.2. The van der Waals surface area contributed by atoms with Gasteiger partial charge in [0.15, 0.2) is 0 Å². The van der Waals surface area contributed by atoms with E-state index in [2.05, 4.69) is 9.97 Å². The van der Waals surface area contributed by atoms with Gasteiger partial charge in [0.25, 0.3) is 0 Å². The molecule has 0 aliphatic rings. The van der Waals surface area contributed by atoms with E-state index in [1.807, 2.05) is 0 Å². The van der Waals surface area contributed by atoms with Crippen molar-refractivity contribution >= 4 is 11.6 Å². The number of hydrogen-bond acceptors (Lipinski definition) is 0. The highest BCUT2D eigenvalue weighted by atomic mass is 35.5. The van der Waals surface area contributed by atoms with E-state index in [1.165, 1.54) is 12.1 Å². The van der Waals surface area contributed by atoms with Crippen LogP contribution in [0.3, 0.4) is 0 Å². The van der Waals surface area contributed by atoms with Gasteiger partial charge in [-0.15, -0.1) is 0 Å². The average Bonchev–Trinajstić information content (AvgIpc) is 3.13. The first kappa shape index (κ1) is 14.8. The van der Waals surface area contributed by atoms with E-state index in [0.29, 0.717) is 11.4 Å². The van der Waals surface area contributed by atoms with Crippen molar-refractivity contribution in [2.75, 3.05) is 0 Å². The van der Waals surface area contributed by atoms with Gasteiger partial charge in [-0.25, -0.2) is 0 Å². The maximum Gasteiger partial charge on any atom is 0.416 e. The number of rotatable bonds is 3. The van der Waals surface area contributed by atoms with Crippen molar-refractivity contribution in [2.45, 2.75) is 12.1 Å². The minimum atomic E-state index is -4.47. The lowest BCUT2D eigenvalue weighted by Gasteiger charge is -2.21. The van der Waals surface area contributed by atoms with Crippen LogP contribution in [0.1, 0.15) is 28.4 Å². The first-order chi connectivity index (χ1) is 10.5. The summed E-state index contributed by atoms with van der Waals surface area (Å²) in [6.07, 6.45) is -1.10. The summed E-state index contributed by atoms with van der Waals surface area (Å²) in [5.74, 6) is -0.570. The monoisotopic (exact) mass is 324 g/mol. The molecule has 0 saturated heterocycles. The number of H-pyrrole nitrogens is 2. The molecule has 0 unspecified atom stereocenters. The summed E-state index contributed by atoms with van der Waals surface area (Å²) in [4.78, 5) is 5.99. The quantitative estimate of drug-likeness (QED) is 0.664. The molecule has 0 fully saturated rings. The number of alkyl halides is 3. The van der Waals surface area contributed by atoms with Crippen LogP contribution in [0.5, 0.6) is 0 Å². The predicted molar refractivity (Wildman–Crippen MR) is 79.0 cm³/mol. The van der Waals surface area contributed by atoms with Crippen molar-refractivity contribution in [1.82, 2.24) is 9.97 Å². The topological polar surface area (TPSA) is 31.6 Å². The van der Waals surface area contributed by atoms with Gasteiger partial charge in [-0.2, -0.15) is 13.2 Å². The van der Waals surface area contributed by atoms with Crippen LogP contribution in [0, 0.1) is 0 Å². The van der Waals surface area contributed by atoms with Crippen LogP contribution < -0.4 is 0 Å². The zero-order valence-electron chi connectivity index (χ0n) is 11.3. The minimum Gasteiger partial charge on any atom is -0.364 e. The number of halogens is 4. The molecule has 2 aromatic heterocycles. The summed E-state index contributed by atoms with van der Waals surface area (Å²) in [5.41, 5.74) is 0.779. The highest BCUT2D eigenvalue weighted by Gasteiger charge is 2.36. The van der Waals surface area contributed by atoms with Gasteiger partial charge in [0.1, 0.15) is 0 Å². The second-order valence-electron chi connectivity index (χ2n) is 4.91. The first-order valence-corrected chi connectivity index (χ1v) is 6.98. The molecule has 2 nitrogen and oxygen atoms in total. The molecule has 6 heteroatoms. The molecule has 0 radical (unpaired) electrons. The fourth-order valence-electron chi connectivity index (χ4n) is 2.58. The summed E-state index contributed by atoms with van der Waals surface area (Å²) in [5, 5.41) is 0.0628. The van der Waals surface area contributed by atoms with Crippen molar-refractivity contribution in [2.24, 2.45) is 0 Å². The summed E-state index contributed by atoms with van der Waals surface area (Å²) in [7, 11) is 0. The number of aromatic nitrogens is 2. The Morgan fingerprint density at radius 3 is 1.95 bits per heavy atom. The first-order valence-electron chi connectivity index (χ1n) is 6.60. The second kappa shape index (κ2) is 5.57. The van der Waals surface area contributed by atoms with Crippen LogP contribution in [0.2, 0.25) is 5.02 Å². The van der Waals surface area contributed by atoms with E-state index in [-0.39, 0.29) is 10.6 Å². The van der Waals surface area contributed by atoms with Crippen LogP contribution >= 0.6 is 11.6 Å². The lowest BCUT2D eigenvalue weighted by molar-refractivity contribution is -0.138. The van der Waals surface area contributed by atoms with Crippen molar-refractivity contribution < 1.29 is 13.2 Å². The number of benzene rings is 1. The van der Waals surface area contributed by atoms with Gasteiger partial charge in [0.2, 0.25) is 0 Å². The van der Waals surface area contributed by atoms with E-state index >= 15 is 0 Å². The fraction of sp³-hybridized carbons (Fsp3) is 0.125. The molecule has 0 amide bonds. The Kier molecular flexibility index (Phi) is 3.74. The Bertz CT molecular complexity index is 712. The van der Waals surface area contributed by atoms with E-state index in [9.17, 15) is 13.2 Å². The summed E-state index contributed by atoms with van der Waals surface area (Å²) in [6, 6.07) is 10.9. The lowest BCUT2D eigenvalue weighted by Crippen LogP contribution is -2.14. The number of hydrogen-bond donors (Lipinski definition) is 2.